The fourth-order valence-corrected chi connectivity index (χ4v) is 4.36. The van der Waals surface area contributed by atoms with Gasteiger partial charge in [-0.3, -0.25) is 0 Å². The molecule has 3 aromatic carbocycles. The molecule has 0 radical (unpaired) electrons. The zero-order valence-electron chi connectivity index (χ0n) is 12.0. The molecule has 0 unspecified atom stereocenters. The van der Waals surface area contributed by atoms with Crippen LogP contribution in [0.15, 0.2) is 72.8 Å². The number of thiophene rings is 1. The fourth-order valence-electron chi connectivity index (χ4n) is 3.13. The molecule has 22 heavy (non-hydrogen) atoms. The van der Waals surface area contributed by atoms with Crippen molar-refractivity contribution in [3.63, 3.8) is 0 Å². The van der Waals surface area contributed by atoms with E-state index in [0.717, 1.165) is 6.42 Å². The second-order valence-electron chi connectivity index (χ2n) is 5.79. The van der Waals surface area contributed by atoms with Gasteiger partial charge in [-0.25, -0.2) is 0 Å². The second kappa shape index (κ2) is 4.56. The lowest BCUT2D eigenvalue weighted by Crippen LogP contribution is -1.79. The summed E-state index contributed by atoms with van der Waals surface area (Å²) in [4.78, 5) is 0. The van der Waals surface area contributed by atoms with E-state index < -0.39 is 0 Å². The maximum Gasteiger partial charge on any atom is 0.0433 e. The van der Waals surface area contributed by atoms with Crippen molar-refractivity contribution in [2.24, 2.45) is 0 Å². The minimum Gasteiger partial charge on any atom is -0.135 e. The van der Waals surface area contributed by atoms with Crippen LogP contribution < -0.4 is 0 Å². The molecule has 0 spiro atoms. The molecule has 1 aromatic heterocycles. The van der Waals surface area contributed by atoms with E-state index in [0.29, 0.717) is 0 Å². The van der Waals surface area contributed by atoms with Crippen LogP contribution in [0.1, 0.15) is 12.0 Å². The summed E-state index contributed by atoms with van der Waals surface area (Å²) in [5.74, 6) is 0. The van der Waals surface area contributed by atoms with E-state index in [4.69, 9.17) is 0 Å². The Morgan fingerprint density at radius 2 is 1.41 bits per heavy atom. The Kier molecular flexibility index (Phi) is 2.53. The molecule has 4 aromatic rings. The molecule has 0 nitrogen and oxygen atoms in total. The van der Waals surface area contributed by atoms with E-state index in [1.807, 2.05) is 11.3 Å². The van der Waals surface area contributed by atoms with E-state index in [-0.39, 0.29) is 0 Å². The molecule has 0 bridgehead atoms. The van der Waals surface area contributed by atoms with Crippen LogP contribution in [0.4, 0.5) is 0 Å². The van der Waals surface area contributed by atoms with Gasteiger partial charge in [0.2, 0.25) is 0 Å². The van der Waals surface area contributed by atoms with Crippen molar-refractivity contribution in [3.05, 3.63) is 78.4 Å². The first-order valence-corrected chi connectivity index (χ1v) is 8.42. The van der Waals surface area contributed by atoms with E-state index in [9.17, 15) is 0 Å². The van der Waals surface area contributed by atoms with Crippen molar-refractivity contribution in [1.29, 1.82) is 0 Å². The molecule has 5 rings (SSSR count). The van der Waals surface area contributed by atoms with Crippen LogP contribution in [0.3, 0.4) is 0 Å². The fraction of sp³-hybridized carbons (Fsp3) is 0.0476. The monoisotopic (exact) mass is 298 g/mol. The molecule has 0 N–H and O–H groups in total. The summed E-state index contributed by atoms with van der Waals surface area (Å²) in [7, 11) is 0. The van der Waals surface area contributed by atoms with Gasteiger partial charge in [0, 0.05) is 20.2 Å². The highest BCUT2D eigenvalue weighted by molar-refractivity contribution is 7.26. The van der Waals surface area contributed by atoms with Crippen molar-refractivity contribution in [2.75, 3.05) is 0 Å². The predicted octanol–water partition coefficient (Wildman–Crippen LogP) is 6.51. The van der Waals surface area contributed by atoms with Gasteiger partial charge < -0.3 is 0 Å². The molecular formula is C21H14S. The molecule has 0 atom stereocenters. The lowest BCUT2D eigenvalue weighted by atomic mass is 10.0. The molecule has 1 heterocycles. The van der Waals surface area contributed by atoms with Gasteiger partial charge in [0.25, 0.3) is 0 Å². The minimum absolute atomic E-state index is 1.16. The maximum absolute atomic E-state index is 2.28. The van der Waals surface area contributed by atoms with Crippen LogP contribution >= 0.6 is 11.3 Å². The van der Waals surface area contributed by atoms with Gasteiger partial charge in [-0.05, 0) is 34.8 Å². The van der Waals surface area contributed by atoms with E-state index in [1.54, 1.807) is 0 Å². The number of fused-ring (bicyclic) bond motifs is 3. The first-order valence-electron chi connectivity index (χ1n) is 7.60. The minimum atomic E-state index is 1.16. The predicted molar refractivity (Wildman–Crippen MR) is 97.4 cm³/mol. The third-order valence-corrected chi connectivity index (χ3v) is 5.60. The summed E-state index contributed by atoms with van der Waals surface area (Å²) in [6.45, 7) is 0. The molecule has 0 aliphatic heterocycles. The van der Waals surface area contributed by atoms with Crippen LogP contribution in [0.5, 0.6) is 0 Å². The molecular weight excluding hydrogens is 284 g/mol. The Labute approximate surface area is 133 Å². The lowest BCUT2D eigenvalue weighted by molar-refractivity contribution is 1.58. The molecule has 0 fully saturated rings. The quantitative estimate of drug-likeness (QED) is 0.396. The first-order chi connectivity index (χ1) is 10.9. The molecule has 104 valence electrons. The molecule has 0 saturated heterocycles. The van der Waals surface area contributed by atoms with Crippen LogP contribution in [0.2, 0.25) is 0 Å². The van der Waals surface area contributed by atoms with Crippen molar-refractivity contribution < 1.29 is 0 Å². The van der Waals surface area contributed by atoms with Crippen molar-refractivity contribution >= 4 is 37.1 Å². The number of benzene rings is 3. The summed E-state index contributed by atoms with van der Waals surface area (Å²) in [5, 5.41) is 2.73. The number of allylic oxidation sites excluding steroid dienone is 2. The van der Waals surface area contributed by atoms with Gasteiger partial charge in [0.1, 0.15) is 0 Å². The normalized spacial score (nSPS) is 13.5. The Bertz CT molecular complexity index is 1030. The van der Waals surface area contributed by atoms with Crippen LogP contribution in [-0.4, -0.2) is 0 Å². The first kappa shape index (κ1) is 12.2. The highest BCUT2D eigenvalue weighted by Gasteiger charge is 2.12. The van der Waals surface area contributed by atoms with Crippen molar-refractivity contribution in [3.8, 4) is 11.1 Å². The summed E-state index contributed by atoms with van der Waals surface area (Å²) in [6, 6.07) is 24.3. The summed E-state index contributed by atoms with van der Waals surface area (Å²) in [5.41, 5.74) is 5.50. The van der Waals surface area contributed by atoms with Gasteiger partial charge >= 0.3 is 0 Å². The lowest BCUT2D eigenvalue weighted by Gasteiger charge is -2.04. The third-order valence-electron chi connectivity index (χ3n) is 4.38. The van der Waals surface area contributed by atoms with Crippen LogP contribution in [0.25, 0.3) is 36.9 Å². The van der Waals surface area contributed by atoms with Gasteiger partial charge in [-0.15, -0.1) is 11.3 Å². The molecule has 1 aliphatic carbocycles. The van der Waals surface area contributed by atoms with Crippen LogP contribution in [-0.2, 0) is 0 Å². The number of hydrogen-bond donors (Lipinski definition) is 0. The summed E-state index contributed by atoms with van der Waals surface area (Å²) >= 11 is 1.89. The molecule has 1 aliphatic rings. The standard InChI is InChI=1S/C21H14S/c1-2-7-20-18(4-1)19-6-3-5-17(21(19)22-20)16-12-10-15(11-13-16)14-8-9-14/h1-8,10-13H,9H2. The Balaban J connectivity index is 1.74. The largest absolute Gasteiger partial charge is 0.135 e. The zero-order valence-corrected chi connectivity index (χ0v) is 12.9. The second-order valence-corrected chi connectivity index (χ2v) is 6.84. The highest BCUT2D eigenvalue weighted by atomic mass is 32.1. The number of rotatable bonds is 2. The van der Waals surface area contributed by atoms with Gasteiger partial charge in [-0.2, -0.15) is 0 Å². The van der Waals surface area contributed by atoms with Crippen LogP contribution in [0, 0.1) is 0 Å². The maximum atomic E-state index is 2.28. The Morgan fingerprint density at radius 1 is 0.682 bits per heavy atom. The Hall–Kier alpha value is -2.38. The van der Waals surface area contributed by atoms with Crippen molar-refractivity contribution in [1.82, 2.24) is 0 Å². The smallest absolute Gasteiger partial charge is 0.0433 e. The molecule has 0 saturated carbocycles. The zero-order chi connectivity index (χ0) is 14.5. The van der Waals surface area contributed by atoms with E-state index in [1.165, 1.54) is 42.4 Å². The van der Waals surface area contributed by atoms with E-state index >= 15 is 0 Å². The highest BCUT2D eigenvalue weighted by Crippen LogP contribution is 2.40. The van der Waals surface area contributed by atoms with E-state index in [2.05, 4.69) is 72.8 Å². The van der Waals surface area contributed by atoms with Gasteiger partial charge in [0.15, 0.2) is 0 Å². The summed E-state index contributed by atoms with van der Waals surface area (Å²) in [6.07, 6.45) is 3.44. The van der Waals surface area contributed by atoms with Gasteiger partial charge in [-0.1, -0.05) is 66.7 Å². The average molecular weight is 298 g/mol. The Morgan fingerprint density at radius 3 is 2.23 bits per heavy atom. The third kappa shape index (κ3) is 1.83. The van der Waals surface area contributed by atoms with Gasteiger partial charge in [0.05, 0.1) is 0 Å². The number of hydrogen-bond acceptors (Lipinski definition) is 1. The topological polar surface area (TPSA) is 0 Å². The SMILES string of the molecule is C1=C(c2ccc(-c3cccc4c3sc3ccccc34)cc2)C1. The molecule has 0 amide bonds. The average Bonchev–Trinajstić information content (AvgIpc) is 3.35. The summed E-state index contributed by atoms with van der Waals surface area (Å²) < 4.78 is 2.76. The van der Waals surface area contributed by atoms with Crippen molar-refractivity contribution in [2.45, 2.75) is 6.42 Å². The molecule has 1 heteroatoms.